The summed E-state index contributed by atoms with van der Waals surface area (Å²) in [5.74, 6) is 0.0368. The third-order valence-electron chi connectivity index (χ3n) is 4.80. The molecule has 4 rings (SSSR count). The van der Waals surface area contributed by atoms with Crippen LogP contribution in [0, 0.1) is 0 Å². The summed E-state index contributed by atoms with van der Waals surface area (Å²) in [4.78, 5) is 6.86. The lowest BCUT2D eigenvalue weighted by molar-refractivity contribution is -0.143. The van der Waals surface area contributed by atoms with E-state index < -0.39 is 23.5 Å². The van der Waals surface area contributed by atoms with Gasteiger partial charge in [-0.15, -0.1) is 5.10 Å². The molecule has 0 radical (unpaired) electrons. The molecular weight excluding hydrogens is 454 g/mol. The molecule has 1 aromatic carbocycles. The lowest BCUT2D eigenvalue weighted by Gasteiger charge is -2.22. The molecule has 3 heterocycles. The predicted octanol–water partition coefficient (Wildman–Crippen LogP) is 3.74. The van der Waals surface area contributed by atoms with Crippen LogP contribution >= 0.6 is 0 Å². The summed E-state index contributed by atoms with van der Waals surface area (Å²) in [7, 11) is 3.21. The number of nitrogens with zero attached hydrogens (tertiary/aromatic N) is 8. The van der Waals surface area contributed by atoms with Gasteiger partial charge in [0.15, 0.2) is 5.65 Å². The summed E-state index contributed by atoms with van der Waals surface area (Å²) in [6.45, 7) is -0.273. The van der Waals surface area contributed by atoms with Gasteiger partial charge in [0, 0.05) is 31.7 Å². The number of rotatable bonds is 5. The molecule has 0 aliphatic heterocycles. The van der Waals surface area contributed by atoms with E-state index in [4.69, 9.17) is 0 Å². The number of benzene rings is 1. The summed E-state index contributed by atoms with van der Waals surface area (Å²) in [6, 6.07) is 3.23. The molecule has 174 valence electrons. The van der Waals surface area contributed by atoms with Crippen molar-refractivity contribution >= 4 is 17.0 Å². The van der Waals surface area contributed by atoms with Crippen LogP contribution in [0.15, 0.2) is 36.7 Å². The first-order chi connectivity index (χ1) is 15.4. The van der Waals surface area contributed by atoms with Crippen LogP contribution in [0.5, 0.6) is 0 Å². The SMILES string of the molecule is Cn1nnc(N(Cc2cc(C(F)(F)F)cc(C(F)(F)F)c2)Cc2cnc3c(cnn3C)c2)n1. The van der Waals surface area contributed by atoms with Gasteiger partial charge in [0.1, 0.15) is 0 Å². The van der Waals surface area contributed by atoms with Gasteiger partial charge in [-0.1, -0.05) is 5.10 Å². The van der Waals surface area contributed by atoms with Gasteiger partial charge < -0.3 is 4.90 Å². The fourth-order valence-corrected chi connectivity index (χ4v) is 3.32. The van der Waals surface area contributed by atoms with E-state index in [0.717, 1.165) is 10.2 Å². The second-order valence-corrected chi connectivity index (χ2v) is 7.37. The smallest absolute Gasteiger partial charge is 0.329 e. The summed E-state index contributed by atoms with van der Waals surface area (Å²) in [5, 5.41) is 16.5. The second kappa shape index (κ2) is 8.01. The number of pyridine rings is 1. The lowest BCUT2D eigenvalue weighted by Crippen LogP contribution is -2.24. The molecule has 0 amide bonds. The molecular formula is C19H16F6N8. The average Bonchev–Trinajstić information content (AvgIpc) is 3.32. The number of hydrogen-bond donors (Lipinski definition) is 0. The van der Waals surface area contributed by atoms with E-state index in [1.54, 1.807) is 30.2 Å². The molecule has 3 aromatic heterocycles. The summed E-state index contributed by atoms with van der Waals surface area (Å²) in [5.41, 5.74) is -1.74. The maximum Gasteiger partial charge on any atom is 0.416 e. The third kappa shape index (κ3) is 4.88. The molecule has 0 aliphatic rings. The Morgan fingerprint density at radius 2 is 1.48 bits per heavy atom. The fraction of sp³-hybridized carbons (Fsp3) is 0.316. The molecule has 33 heavy (non-hydrogen) atoms. The van der Waals surface area contributed by atoms with Gasteiger partial charge in [-0.05, 0) is 40.6 Å². The molecule has 0 spiro atoms. The van der Waals surface area contributed by atoms with Crippen molar-refractivity contribution in [3.63, 3.8) is 0 Å². The van der Waals surface area contributed by atoms with E-state index in [0.29, 0.717) is 23.3 Å². The van der Waals surface area contributed by atoms with E-state index in [9.17, 15) is 26.3 Å². The van der Waals surface area contributed by atoms with Gasteiger partial charge in [-0.3, -0.25) is 4.68 Å². The molecule has 0 aliphatic carbocycles. The molecule has 0 unspecified atom stereocenters. The van der Waals surface area contributed by atoms with Crippen molar-refractivity contribution in [3.05, 3.63) is 58.9 Å². The largest absolute Gasteiger partial charge is 0.416 e. The molecule has 0 N–H and O–H groups in total. The maximum atomic E-state index is 13.3. The second-order valence-electron chi connectivity index (χ2n) is 7.37. The van der Waals surface area contributed by atoms with Gasteiger partial charge in [0.25, 0.3) is 5.95 Å². The Bertz CT molecular complexity index is 1260. The van der Waals surface area contributed by atoms with Crippen molar-refractivity contribution < 1.29 is 26.3 Å². The first-order valence-corrected chi connectivity index (χ1v) is 9.44. The Morgan fingerprint density at radius 3 is 2.06 bits per heavy atom. The molecule has 0 fully saturated rings. The van der Waals surface area contributed by atoms with Crippen LogP contribution in [0.1, 0.15) is 22.3 Å². The van der Waals surface area contributed by atoms with Crippen molar-refractivity contribution in [2.24, 2.45) is 14.1 Å². The van der Waals surface area contributed by atoms with Crippen molar-refractivity contribution in [2.75, 3.05) is 4.90 Å². The number of aryl methyl sites for hydroxylation is 2. The van der Waals surface area contributed by atoms with Gasteiger partial charge in [0.05, 0.1) is 24.4 Å². The number of fused-ring (bicyclic) bond motifs is 1. The summed E-state index contributed by atoms with van der Waals surface area (Å²) < 4.78 is 81.1. The predicted molar refractivity (Wildman–Crippen MR) is 104 cm³/mol. The average molecular weight is 470 g/mol. The summed E-state index contributed by atoms with van der Waals surface area (Å²) >= 11 is 0. The highest BCUT2D eigenvalue weighted by Crippen LogP contribution is 2.36. The van der Waals surface area contributed by atoms with Gasteiger partial charge >= 0.3 is 12.4 Å². The minimum atomic E-state index is -4.94. The number of halogens is 6. The van der Waals surface area contributed by atoms with Gasteiger partial charge in [-0.25, -0.2) is 4.98 Å². The van der Waals surface area contributed by atoms with E-state index in [2.05, 4.69) is 25.5 Å². The zero-order chi connectivity index (χ0) is 24.0. The fourth-order valence-electron chi connectivity index (χ4n) is 3.32. The standard InChI is InChI=1S/C19H16F6N8/c1-31-16-13(8-27-31)3-12(7-26-16)10-33(17-28-30-32(2)29-17)9-11-4-14(18(20,21)22)6-15(5-11)19(23,24)25/h3-8H,9-10H2,1-2H3. The number of tetrazole rings is 1. The maximum absolute atomic E-state index is 13.3. The zero-order valence-corrected chi connectivity index (χ0v) is 17.2. The highest BCUT2D eigenvalue weighted by atomic mass is 19.4. The van der Waals surface area contributed by atoms with E-state index >= 15 is 0 Å². The molecule has 14 heteroatoms. The van der Waals surface area contributed by atoms with Crippen LogP contribution in [-0.4, -0.2) is 35.0 Å². The van der Waals surface area contributed by atoms with Crippen LogP contribution in [0.4, 0.5) is 32.3 Å². The topological polar surface area (TPSA) is 77.5 Å². The highest BCUT2D eigenvalue weighted by Gasteiger charge is 2.37. The van der Waals surface area contributed by atoms with E-state index in [-0.39, 0.29) is 30.7 Å². The quantitative estimate of drug-likeness (QED) is 0.414. The lowest BCUT2D eigenvalue weighted by atomic mass is 10.0. The Hall–Kier alpha value is -3.71. The number of hydrogen-bond acceptors (Lipinski definition) is 6. The van der Waals surface area contributed by atoms with Crippen LogP contribution in [0.2, 0.25) is 0 Å². The molecule has 0 atom stereocenters. The minimum absolute atomic E-state index is 0.0368. The number of alkyl halides is 6. The first-order valence-electron chi connectivity index (χ1n) is 9.44. The first kappa shape index (κ1) is 22.5. The van der Waals surface area contributed by atoms with E-state index in [1.165, 1.54) is 11.9 Å². The molecule has 0 bridgehead atoms. The van der Waals surface area contributed by atoms with Crippen LogP contribution in [-0.2, 0) is 39.5 Å². The van der Waals surface area contributed by atoms with Crippen LogP contribution in [0.3, 0.4) is 0 Å². The highest BCUT2D eigenvalue weighted by molar-refractivity contribution is 5.74. The Morgan fingerprint density at radius 1 is 0.848 bits per heavy atom. The van der Waals surface area contributed by atoms with Crippen molar-refractivity contribution in [3.8, 4) is 0 Å². The molecule has 0 saturated carbocycles. The monoisotopic (exact) mass is 470 g/mol. The minimum Gasteiger partial charge on any atom is -0.329 e. The van der Waals surface area contributed by atoms with Crippen LogP contribution < -0.4 is 4.90 Å². The summed E-state index contributed by atoms with van der Waals surface area (Å²) in [6.07, 6.45) is -6.75. The normalized spacial score (nSPS) is 12.5. The third-order valence-corrected chi connectivity index (χ3v) is 4.80. The number of anilines is 1. The molecule has 8 nitrogen and oxygen atoms in total. The Kier molecular flexibility index (Phi) is 5.46. The Labute approximate surface area is 182 Å². The van der Waals surface area contributed by atoms with Crippen LogP contribution in [0.25, 0.3) is 11.0 Å². The molecule has 0 saturated heterocycles. The zero-order valence-electron chi connectivity index (χ0n) is 17.2. The van der Waals surface area contributed by atoms with Crippen molar-refractivity contribution in [2.45, 2.75) is 25.4 Å². The van der Waals surface area contributed by atoms with Gasteiger partial charge in [-0.2, -0.15) is 36.2 Å². The Balaban J connectivity index is 1.72. The molecule has 4 aromatic rings. The van der Waals surface area contributed by atoms with Gasteiger partial charge in [0.2, 0.25) is 0 Å². The van der Waals surface area contributed by atoms with Crippen molar-refractivity contribution in [1.82, 2.24) is 35.0 Å². The van der Waals surface area contributed by atoms with Crippen molar-refractivity contribution in [1.29, 1.82) is 0 Å². The van der Waals surface area contributed by atoms with E-state index in [1.807, 2.05) is 0 Å². The number of aromatic nitrogens is 7.